The molecule has 0 saturated heterocycles. The Morgan fingerprint density at radius 1 is 1.47 bits per heavy atom. The van der Waals surface area contributed by atoms with Crippen molar-refractivity contribution in [3.8, 4) is 0 Å². The molecule has 0 N–H and O–H groups in total. The summed E-state index contributed by atoms with van der Waals surface area (Å²) in [5.74, 6) is -0.430. The lowest BCUT2D eigenvalue weighted by atomic mass is 10.4. The van der Waals surface area contributed by atoms with E-state index in [1.54, 1.807) is 0 Å². The molecule has 0 fully saturated rings. The Morgan fingerprint density at radius 3 is 2.47 bits per heavy atom. The van der Waals surface area contributed by atoms with Crippen LogP contribution in [0.15, 0.2) is 17.6 Å². The normalized spacial score (nSPS) is 13.8. The molecule has 1 atom stereocenters. The van der Waals surface area contributed by atoms with E-state index in [1.807, 2.05) is 0 Å². The van der Waals surface area contributed by atoms with Gasteiger partial charge in [-0.15, -0.1) is 11.6 Å². The lowest BCUT2D eigenvalue weighted by Crippen LogP contribution is -2.20. The molecule has 1 aromatic heterocycles. The third-order valence-electron chi connectivity index (χ3n) is 1.90. The topological polar surface area (TPSA) is 59.9 Å². The molecule has 0 aliphatic rings. The van der Waals surface area contributed by atoms with Crippen LogP contribution in [0.3, 0.4) is 0 Å². The third-order valence-corrected chi connectivity index (χ3v) is 4.13. The second-order valence-electron chi connectivity index (χ2n) is 3.02. The van der Waals surface area contributed by atoms with Gasteiger partial charge >= 0.3 is 0 Å². The highest BCUT2D eigenvalue weighted by molar-refractivity contribution is 7.91. The fraction of sp³-hybridized carbons (Fsp3) is 0.500. The summed E-state index contributed by atoms with van der Waals surface area (Å²) in [6.45, 7) is 1.52. The molecule has 0 spiro atoms. The fourth-order valence-corrected chi connectivity index (χ4v) is 2.58. The minimum absolute atomic E-state index is 0.238. The highest BCUT2D eigenvalue weighted by Gasteiger charge is 2.25. The number of hydrogen-bond donors (Lipinski definition) is 0. The predicted octanol–water partition coefficient (Wildman–Crippen LogP) is 1.41. The van der Waals surface area contributed by atoms with Gasteiger partial charge < -0.3 is 0 Å². The van der Waals surface area contributed by atoms with Crippen molar-refractivity contribution in [1.82, 2.24) is 9.97 Å². The van der Waals surface area contributed by atoms with E-state index in [-0.39, 0.29) is 11.0 Å². The minimum atomic E-state index is -3.59. The van der Waals surface area contributed by atoms with Gasteiger partial charge in [-0.1, -0.05) is 0 Å². The average Bonchev–Trinajstić information content (AvgIpc) is 2.18. The molecule has 0 saturated carbocycles. The van der Waals surface area contributed by atoms with Gasteiger partial charge in [-0.3, -0.25) is 0 Å². The first-order valence-electron chi connectivity index (χ1n) is 4.26. The number of nitrogens with zero attached hydrogens (tertiary/aromatic N) is 2. The molecule has 0 aliphatic heterocycles. The van der Waals surface area contributed by atoms with E-state index in [9.17, 15) is 12.8 Å². The van der Waals surface area contributed by atoms with Crippen LogP contribution in [0.25, 0.3) is 0 Å². The van der Waals surface area contributed by atoms with Crippen LogP contribution in [0.1, 0.15) is 13.3 Å². The molecule has 15 heavy (non-hydrogen) atoms. The van der Waals surface area contributed by atoms with Crippen molar-refractivity contribution in [3.05, 3.63) is 18.2 Å². The van der Waals surface area contributed by atoms with Crippen LogP contribution in [0.2, 0.25) is 0 Å². The molecule has 1 rings (SSSR count). The van der Waals surface area contributed by atoms with E-state index in [2.05, 4.69) is 9.97 Å². The second-order valence-corrected chi connectivity index (χ2v) is 5.66. The van der Waals surface area contributed by atoms with E-state index in [4.69, 9.17) is 11.6 Å². The van der Waals surface area contributed by atoms with E-state index in [1.165, 1.54) is 6.92 Å². The van der Waals surface area contributed by atoms with Crippen LogP contribution < -0.4 is 0 Å². The summed E-state index contributed by atoms with van der Waals surface area (Å²) in [5, 5.41) is -1.03. The molecular formula is C8H10ClFN2O2S. The second kappa shape index (κ2) is 4.85. The summed E-state index contributed by atoms with van der Waals surface area (Å²) in [6.07, 6.45) is 1.96. The van der Waals surface area contributed by atoms with Crippen LogP contribution in [-0.2, 0) is 9.84 Å². The first-order valence-corrected chi connectivity index (χ1v) is 6.34. The zero-order valence-corrected chi connectivity index (χ0v) is 9.59. The monoisotopic (exact) mass is 252 g/mol. The standard InChI is InChI=1S/C8H10ClFN2O2S/c1-6(2-3-9)15(13,14)8-11-4-7(10)5-12-8/h4-6H,2-3H2,1H3. The summed E-state index contributed by atoms with van der Waals surface area (Å²) < 4.78 is 35.9. The van der Waals surface area contributed by atoms with Gasteiger partial charge in [-0.25, -0.2) is 22.8 Å². The van der Waals surface area contributed by atoms with Crippen molar-refractivity contribution < 1.29 is 12.8 Å². The number of halogens is 2. The Labute approximate surface area is 92.4 Å². The van der Waals surface area contributed by atoms with E-state index >= 15 is 0 Å². The quantitative estimate of drug-likeness (QED) is 0.600. The van der Waals surface area contributed by atoms with E-state index in [0.29, 0.717) is 6.42 Å². The van der Waals surface area contributed by atoms with Crippen molar-refractivity contribution in [2.75, 3.05) is 5.88 Å². The van der Waals surface area contributed by atoms with Gasteiger partial charge in [0.25, 0.3) is 0 Å². The molecule has 0 aromatic carbocycles. The van der Waals surface area contributed by atoms with Crippen molar-refractivity contribution in [2.45, 2.75) is 23.8 Å². The van der Waals surface area contributed by atoms with Crippen LogP contribution in [0.5, 0.6) is 0 Å². The number of aromatic nitrogens is 2. The zero-order chi connectivity index (χ0) is 11.5. The minimum Gasteiger partial charge on any atom is -0.224 e. The van der Waals surface area contributed by atoms with Crippen LogP contribution in [-0.4, -0.2) is 29.5 Å². The Balaban J connectivity index is 3.01. The van der Waals surface area contributed by atoms with Crippen molar-refractivity contribution >= 4 is 21.4 Å². The molecule has 1 aromatic rings. The largest absolute Gasteiger partial charge is 0.247 e. The Hall–Kier alpha value is -0.750. The first-order chi connectivity index (χ1) is 6.98. The summed E-state index contributed by atoms with van der Waals surface area (Å²) in [5.41, 5.74) is 0. The molecule has 0 amide bonds. The molecule has 7 heteroatoms. The van der Waals surface area contributed by atoms with Crippen LogP contribution in [0.4, 0.5) is 4.39 Å². The molecule has 4 nitrogen and oxygen atoms in total. The first kappa shape index (κ1) is 12.3. The van der Waals surface area contributed by atoms with Crippen LogP contribution >= 0.6 is 11.6 Å². The maximum absolute atomic E-state index is 12.5. The van der Waals surface area contributed by atoms with Gasteiger partial charge in [0.05, 0.1) is 17.6 Å². The van der Waals surface area contributed by atoms with Gasteiger partial charge in [0.1, 0.15) is 0 Å². The van der Waals surface area contributed by atoms with Gasteiger partial charge in [0.15, 0.2) is 5.82 Å². The van der Waals surface area contributed by atoms with E-state index in [0.717, 1.165) is 12.4 Å². The van der Waals surface area contributed by atoms with Gasteiger partial charge in [0.2, 0.25) is 15.0 Å². The maximum Gasteiger partial charge on any atom is 0.247 e. The lowest BCUT2D eigenvalue weighted by Gasteiger charge is -2.08. The van der Waals surface area contributed by atoms with Crippen molar-refractivity contribution in [1.29, 1.82) is 0 Å². The molecule has 1 unspecified atom stereocenters. The highest BCUT2D eigenvalue weighted by Crippen LogP contribution is 2.14. The molecule has 0 bridgehead atoms. The third kappa shape index (κ3) is 2.85. The Morgan fingerprint density at radius 2 is 2.00 bits per heavy atom. The van der Waals surface area contributed by atoms with Crippen LogP contribution in [0, 0.1) is 5.82 Å². The highest BCUT2D eigenvalue weighted by atomic mass is 35.5. The number of sulfone groups is 1. The van der Waals surface area contributed by atoms with Gasteiger partial charge in [-0.2, -0.15) is 0 Å². The lowest BCUT2D eigenvalue weighted by molar-refractivity contribution is 0.564. The molecule has 0 aliphatic carbocycles. The zero-order valence-electron chi connectivity index (χ0n) is 8.02. The molecular weight excluding hydrogens is 243 g/mol. The molecule has 84 valence electrons. The van der Waals surface area contributed by atoms with Crippen molar-refractivity contribution in [3.63, 3.8) is 0 Å². The summed E-state index contributed by atoms with van der Waals surface area (Å²) >= 11 is 5.45. The van der Waals surface area contributed by atoms with Gasteiger partial charge in [0, 0.05) is 5.88 Å². The number of hydrogen-bond acceptors (Lipinski definition) is 4. The summed E-state index contributed by atoms with van der Waals surface area (Å²) in [7, 11) is -3.59. The predicted molar refractivity (Wildman–Crippen MR) is 54.0 cm³/mol. The summed E-state index contributed by atoms with van der Waals surface area (Å²) in [4.78, 5) is 6.87. The molecule has 1 heterocycles. The Kier molecular flexibility index (Phi) is 3.98. The summed E-state index contributed by atoms with van der Waals surface area (Å²) in [6, 6.07) is 0. The van der Waals surface area contributed by atoms with Gasteiger partial charge in [-0.05, 0) is 13.3 Å². The number of rotatable bonds is 4. The maximum atomic E-state index is 12.5. The SMILES string of the molecule is CC(CCCl)S(=O)(=O)c1ncc(F)cn1. The van der Waals surface area contributed by atoms with Crippen molar-refractivity contribution in [2.24, 2.45) is 0 Å². The fourth-order valence-electron chi connectivity index (χ4n) is 0.936. The smallest absolute Gasteiger partial charge is 0.224 e. The Bertz CT molecular complexity index is 421. The average molecular weight is 253 g/mol. The van der Waals surface area contributed by atoms with E-state index < -0.39 is 20.9 Å². The number of alkyl halides is 1. The molecule has 0 radical (unpaired) electrons.